The lowest BCUT2D eigenvalue weighted by Crippen LogP contribution is -2.34. The zero-order chi connectivity index (χ0) is 17.0. The smallest absolute Gasteiger partial charge is 0.251 e. The molecule has 0 heterocycles. The number of nitrogens with zero attached hydrogens (tertiary/aromatic N) is 1. The fraction of sp³-hybridized carbons (Fsp3) is 0.278. The number of likely N-dealkylation sites (N-methyl/N-ethyl adjacent to an activating group) is 1. The number of carbonyl (C=O) groups is 1. The highest BCUT2D eigenvalue weighted by Gasteiger charge is 2.16. The normalized spacial score (nSPS) is 12.3. The average Bonchev–Trinajstić information content (AvgIpc) is 2.47. The Labute approximate surface area is 144 Å². The first-order valence-corrected chi connectivity index (χ1v) is 8.13. The van der Waals surface area contributed by atoms with E-state index in [1.807, 2.05) is 25.9 Å². The van der Waals surface area contributed by atoms with Crippen LogP contribution in [0.2, 0.25) is 0 Å². The van der Waals surface area contributed by atoms with E-state index in [1.54, 1.807) is 6.07 Å². The first kappa shape index (κ1) is 17.6. The molecule has 0 aliphatic heterocycles. The molecule has 0 spiro atoms. The number of carbonyl (C=O) groups excluding carboxylic acids is 1. The van der Waals surface area contributed by atoms with Crippen LogP contribution < -0.4 is 5.32 Å². The summed E-state index contributed by atoms with van der Waals surface area (Å²) in [5, 5.41) is 2.88. The second kappa shape index (κ2) is 7.70. The Kier molecular flexibility index (Phi) is 5.91. The largest absolute Gasteiger partial charge is 0.350 e. The van der Waals surface area contributed by atoms with Gasteiger partial charge in [-0.25, -0.2) is 4.39 Å². The predicted octanol–water partition coefficient (Wildman–Crippen LogP) is 3.93. The van der Waals surface area contributed by atoms with E-state index in [1.165, 1.54) is 17.7 Å². The van der Waals surface area contributed by atoms with Crippen molar-refractivity contribution < 1.29 is 9.18 Å². The molecule has 1 atom stereocenters. The van der Waals surface area contributed by atoms with E-state index in [-0.39, 0.29) is 11.9 Å². The highest BCUT2D eigenvalue weighted by atomic mass is 79.9. The highest BCUT2D eigenvalue weighted by molar-refractivity contribution is 9.10. The molecule has 5 heteroatoms. The van der Waals surface area contributed by atoms with Gasteiger partial charge in [-0.05, 0) is 44.8 Å². The molecule has 0 saturated heterocycles. The molecule has 0 fully saturated rings. The van der Waals surface area contributed by atoms with E-state index in [0.29, 0.717) is 16.6 Å². The van der Waals surface area contributed by atoms with E-state index in [2.05, 4.69) is 45.5 Å². The number of nitrogens with one attached hydrogen (secondary N) is 1. The maximum absolute atomic E-state index is 13.4. The molecule has 23 heavy (non-hydrogen) atoms. The van der Waals surface area contributed by atoms with Crippen molar-refractivity contribution >= 4 is 21.8 Å². The van der Waals surface area contributed by atoms with Gasteiger partial charge in [0.2, 0.25) is 0 Å². The number of hydrogen-bond donors (Lipinski definition) is 1. The molecule has 3 nitrogen and oxygen atoms in total. The Morgan fingerprint density at radius 1 is 1.22 bits per heavy atom. The van der Waals surface area contributed by atoms with E-state index in [0.717, 1.165) is 5.56 Å². The second-order valence-corrected chi connectivity index (χ2v) is 6.67. The van der Waals surface area contributed by atoms with Gasteiger partial charge < -0.3 is 10.2 Å². The molecule has 2 aromatic rings. The van der Waals surface area contributed by atoms with Crippen molar-refractivity contribution in [3.05, 3.63) is 69.4 Å². The van der Waals surface area contributed by atoms with E-state index < -0.39 is 5.82 Å². The predicted molar refractivity (Wildman–Crippen MR) is 94.0 cm³/mol. The molecule has 1 amide bonds. The minimum atomic E-state index is -0.438. The Morgan fingerprint density at radius 2 is 1.87 bits per heavy atom. The van der Waals surface area contributed by atoms with Crippen LogP contribution in [0.25, 0.3) is 0 Å². The van der Waals surface area contributed by atoms with Gasteiger partial charge in [0.1, 0.15) is 5.82 Å². The van der Waals surface area contributed by atoms with Crippen LogP contribution in [0.4, 0.5) is 4.39 Å². The summed E-state index contributed by atoms with van der Waals surface area (Å²) in [6.45, 7) is 2.49. The summed E-state index contributed by atoms with van der Waals surface area (Å²) < 4.78 is 13.9. The summed E-state index contributed by atoms with van der Waals surface area (Å²) in [5.74, 6) is -0.726. The van der Waals surface area contributed by atoms with Gasteiger partial charge in [0, 0.05) is 16.6 Å². The number of aryl methyl sites for hydroxylation is 1. The summed E-state index contributed by atoms with van der Waals surface area (Å²) >= 11 is 3.20. The molecule has 2 aromatic carbocycles. The van der Waals surface area contributed by atoms with Crippen LogP contribution in [0, 0.1) is 12.7 Å². The fourth-order valence-corrected chi connectivity index (χ4v) is 2.83. The van der Waals surface area contributed by atoms with E-state index in [9.17, 15) is 9.18 Å². The number of benzene rings is 2. The van der Waals surface area contributed by atoms with Crippen LogP contribution in [-0.2, 0) is 0 Å². The Morgan fingerprint density at radius 3 is 2.43 bits per heavy atom. The molecule has 1 N–H and O–H groups in total. The van der Waals surface area contributed by atoms with Gasteiger partial charge in [0.25, 0.3) is 5.91 Å². The maximum atomic E-state index is 13.4. The van der Waals surface area contributed by atoms with Crippen LogP contribution in [0.3, 0.4) is 0 Å². The Bertz CT molecular complexity index is 666. The van der Waals surface area contributed by atoms with Crippen molar-refractivity contribution in [2.75, 3.05) is 20.6 Å². The Hall–Kier alpha value is -1.72. The standard InChI is InChI=1S/C18H20BrFN2O/c1-12-4-6-13(7-5-12)17(22(2)3)11-21-18(23)14-8-15(19)10-16(20)9-14/h4-10,17H,11H2,1-3H3,(H,21,23). The summed E-state index contributed by atoms with van der Waals surface area (Å²) in [6.07, 6.45) is 0. The second-order valence-electron chi connectivity index (χ2n) is 5.76. The number of halogens is 2. The topological polar surface area (TPSA) is 32.3 Å². The van der Waals surface area contributed by atoms with E-state index in [4.69, 9.17) is 0 Å². The zero-order valence-corrected chi connectivity index (χ0v) is 15.0. The monoisotopic (exact) mass is 378 g/mol. The van der Waals surface area contributed by atoms with Crippen molar-refractivity contribution in [2.24, 2.45) is 0 Å². The quantitative estimate of drug-likeness (QED) is 0.854. The van der Waals surface area contributed by atoms with Crippen LogP contribution in [0.5, 0.6) is 0 Å². The molecular weight excluding hydrogens is 359 g/mol. The molecule has 1 unspecified atom stereocenters. The van der Waals surface area contributed by atoms with Gasteiger partial charge in [-0.3, -0.25) is 4.79 Å². The van der Waals surface area contributed by atoms with Crippen LogP contribution in [0.15, 0.2) is 46.9 Å². The van der Waals surface area contributed by atoms with Gasteiger partial charge in [-0.1, -0.05) is 45.8 Å². The molecule has 2 rings (SSSR count). The van der Waals surface area contributed by atoms with Gasteiger partial charge in [-0.15, -0.1) is 0 Å². The number of amides is 1. The Balaban J connectivity index is 2.09. The van der Waals surface area contributed by atoms with Crippen molar-refractivity contribution in [3.8, 4) is 0 Å². The molecule has 122 valence electrons. The molecule has 0 aromatic heterocycles. The lowest BCUT2D eigenvalue weighted by Gasteiger charge is -2.25. The maximum Gasteiger partial charge on any atom is 0.251 e. The summed E-state index contributed by atoms with van der Waals surface area (Å²) in [7, 11) is 3.94. The third-order valence-electron chi connectivity index (χ3n) is 3.67. The van der Waals surface area contributed by atoms with Crippen molar-refractivity contribution in [2.45, 2.75) is 13.0 Å². The first-order valence-electron chi connectivity index (χ1n) is 7.34. The minimum Gasteiger partial charge on any atom is -0.350 e. The van der Waals surface area contributed by atoms with Gasteiger partial charge in [0.15, 0.2) is 0 Å². The molecule has 0 aliphatic carbocycles. The SMILES string of the molecule is Cc1ccc(C(CNC(=O)c2cc(F)cc(Br)c2)N(C)C)cc1. The lowest BCUT2D eigenvalue weighted by molar-refractivity contribution is 0.0941. The molecule has 0 radical (unpaired) electrons. The lowest BCUT2D eigenvalue weighted by atomic mass is 10.0. The van der Waals surface area contributed by atoms with E-state index >= 15 is 0 Å². The number of rotatable bonds is 5. The number of hydrogen-bond acceptors (Lipinski definition) is 2. The minimum absolute atomic E-state index is 0.0524. The summed E-state index contributed by atoms with van der Waals surface area (Å²) in [5.41, 5.74) is 2.62. The third-order valence-corrected chi connectivity index (χ3v) is 4.12. The van der Waals surface area contributed by atoms with Crippen LogP contribution in [-0.4, -0.2) is 31.4 Å². The summed E-state index contributed by atoms with van der Waals surface area (Å²) in [4.78, 5) is 14.3. The first-order chi connectivity index (χ1) is 10.9. The van der Waals surface area contributed by atoms with Gasteiger partial charge >= 0.3 is 0 Å². The third kappa shape index (κ3) is 4.88. The van der Waals surface area contributed by atoms with Crippen LogP contribution in [0.1, 0.15) is 27.5 Å². The molecule has 0 saturated carbocycles. The molecule has 0 aliphatic rings. The van der Waals surface area contributed by atoms with Gasteiger partial charge in [0.05, 0.1) is 6.04 Å². The fourth-order valence-electron chi connectivity index (χ4n) is 2.36. The van der Waals surface area contributed by atoms with Crippen LogP contribution >= 0.6 is 15.9 Å². The zero-order valence-electron chi connectivity index (χ0n) is 13.4. The molecular formula is C18H20BrFN2O. The van der Waals surface area contributed by atoms with Crippen molar-refractivity contribution in [1.82, 2.24) is 10.2 Å². The van der Waals surface area contributed by atoms with Crippen molar-refractivity contribution in [1.29, 1.82) is 0 Å². The summed E-state index contributed by atoms with van der Waals surface area (Å²) in [6, 6.07) is 12.4. The van der Waals surface area contributed by atoms with Gasteiger partial charge in [-0.2, -0.15) is 0 Å². The molecule has 0 bridgehead atoms. The highest BCUT2D eigenvalue weighted by Crippen LogP contribution is 2.19. The van der Waals surface area contributed by atoms with Crippen molar-refractivity contribution in [3.63, 3.8) is 0 Å². The average molecular weight is 379 g/mol.